The highest BCUT2D eigenvalue weighted by Crippen LogP contribution is 2.37. The molecule has 1 saturated heterocycles. The van der Waals surface area contributed by atoms with Crippen LogP contribution in [0.15, 0.2) is 33.7 Å². The molecule has 0 spiro atoms. The average Bonchev–Trinajstić information content (AvgIpc) is 3.15. The van der Waals surface area contributed by atoms with Gasteiger partial charge in [-0.05, 0) is 37.5 Å². The molecule has 1 fully saturated rings. The number of hydrogen-bond donors (Lipinski definition) is 1. The van der Waals surface area contributed by atoms with Gasteiger partial charge < -0.3 is 15.0 Å². The van der Waals surface area contributed by atoms with E-state index in [0.29, 0.717) is 29.9 Å². The first-order chi connectivity index (χ1) is 13.3. The Morgan fingerprint density at radius 1 is 1.32 bits per heavy atom. The molecule has 148 valence electrons. The summed E-state index contributed by atoms with van der Waals surface area (Å²) in [6.45, 7) is 2.87. The second-order valence-corrected chi connectivity index (χ2v) is 9.36. The van der Waals surface area contributed by atoms with Crippen LogP contribution in [0.25, 0.3) is 10.4 Å². The van der Waals surface area contributed by atoms with Crippen LogP contribution >= 0.6 is 11.3 Å². The first-order valence-electron chi connectivity index (χ1n) is 8.89. The van der Waals surface area contributed by atoms with Gasteiger partial charge >= 0.3 is 0 Å². The van der Waals surface area contributed by atoms with Crippen LogP contribution in [-0.4, -0.2) is 45.4 Å². The summed E-state index contributed by atoms with van der Waals surface area (Å²) < 4.78 is 33.6. The molecule has 2 aliphatic heterocycles. The zero-order valence-electron chi connectivity index (χ0n) is 15.5. The van der Waals surface area contributed by atoms with Crippen molar-refractivity contribution in [3.8, 4) is 10.4 Å². The number of carbonyl (C=O) groups excluding carboxylic acids is 1. The molecule has 3 heterocycles. The highest BCUT2D eigenvalue weighted by molar-refractivity contribution is 7.90. The van der Waals surface area contributed by atoms with E-state index in [9.17, 15) is 13.2 Å². The molecular weight excluding hydrogens is 400 g/mol. The molecular formula is C18H20N4O4S2. The van der Waals surface area contributed by atoms with Crippen LogP contribution < -0.4 is 10.2 Å². The quantitative estimate of drug-likeness (QED) is 0.819. The summed E-state index contributed by atoms with van der Waals surface area (Å²) in [5.74, 6) is 0.330. The van der Waals surface area contributed by atoms with E-state index in [1.54, 1.807) is 37.2 Å². The molecule has 1 amide bonds. The maximum Gasteiger partial charge on any atom is 0.286 e. The van der Waals surface area contributed by atoms with Crippen LogP contribution in [0.1, 0.15) is 19.8 Å². The van der Waals surface area contributed by atoms with Crippen LogP contribution in [0.3, 0.4) is 0 Å². The van der Waals surface area contributed by atoms with E-state index in [-0.39, 0.29) is 16.7 Å². The Morgan fingerprint density at radius 2 is 2.07 bits per heavy atom. The lowest BCUT2D eigenvalue weighted by molar-refractivity contribution is -0.122. The van der Waals surface area contributed by atoms with Crippen molar-refractivity contribution in [2.24, 2.45) is 10.3 Å². The number of thiazole rings is 1. The molecule has 4 rings (SSSR count). The summed E-state index contributed by atoms with van der Waals surface area (Å²) in [6.07, 6.45) is 3.12. The Bertz CT molecular complexity index is 1060. The number of benzene rings is 1. The lowest BCUT2D eigenvalue weighted by atomic mass is 10.00. The zero-order chi connectivity index (χ0) is 19.9. The fourth-order valence-electron chi connectivity index (χ4n) is 3.24. The monoisotopic (exact) mass is 420 g/mol. The topological polar surface area (TPSA) is 101 Å². The Labute approximate surface area is 167 Å². The van der Waals surface area contributed by atoms with Crippen molar-refractivity contribution in [2.75, 3.05) is 30.5 Å². The Balaban J connectivity index is 1.57. The summed E-state index contributed by atoms with van der Waals surface area (Å²) in [5.41, 5.74) is 1.41. The molecule has 1 N–H and O–H groups in total. The summed E-state index contributed by atoms with van der Waals surface area (Å²) in [5, 5.41) is 3.41. The number of carbonyl (C=O) groups is 1. The summed E-state index contributed by atoms with van der Waals surface area (Å²) in [7, 11) is -1.90. The number of nitrogens with one attached hydrogen (secondary N) is 1. The van der Waals surface area contributed by atoms with Gasteiger partial charge in [0.25, 0.3) is 10.0 Å². The highest BCUT2D eigenvalue weighted by Gasteiger charge is 2.27. The van der Waals surface area contributed by atoms with Gasteiger partial charge in [0.05, 0.1) is 10.6 Å². The van der Waals surface area contributed by atoms with E-state index < -0.39 is 10.0 Å². The van der Waals surface area contributed by atoms with Gasteiger partial charge in [0.1, 0.15) is 10.7 Å². The second kappa shape index (κ2) is 7.26. The Hall–Kier alpha value is -2.30. The van der Waals surface area contributed by atoms with Crippen LogP contribution in [0.5, 0.6) is 0 Å². The summed E-state index contributed by atoms with van der Waals surface area (Å²) in [4.78, 5) is 19.4. The highest BCUT2D eigenvalue weighted by atomic mass is 32.2. The number of hydrogen-bond acceptors (Lipinski definition) is 7. The van der Waals surface area contributed by atoms with E-state index in [2.05, 4.69) is 14.7 Å². The predicted octanol–water partition coefficient (Wildman–Crippen LogP) is 2.73. The molecule has 8 nitrogen and oxygen atoms in total. The third kappa shape index (κ3) is 3.54. The van der Waals surface area contributed by atoms with E-state index in [1.165, 1.54) is 11.3 Å². The number of fused-ring (bicyclic) bond motifs is 1. The van der Waals surface area contributed by atoms with Gasteiger partial charge in [-0.2, -0.15) is 8.42 Å². The number of aromatic nitrogens is 1. The van der Waals surface area contributed by atoms with Crippen LogP contribution in [-0.2, 0) is 19.6 Å². The van der Waals surface area contributed by atoms with Crippen molar-refractivity contribution in [2.45, 2.75) is 24.7 Å². The summed E-state index contributed by atoms with van der Waals surface area (Å²) >= 11 is 1.36. The van der Waals surface area contributed by atoms with Gasteiger partial charge in [0.15, 0.2) is 5.13 Å². The molecule has 1 aromatic heterocycles. The van der Waals surface area contributed by atoms with Crippen LogP contribution in [0.4, 0.5) is 10.8 Å². The number of ether oxygens (including phenoxy) is 1. The van der Waals surface area contributed by atoms with Gasteiger partial charge in [-0.15, -0.1) is 4.40 Å². The smallest absolute Gasteiger partial charge is 0.286 e. The molecule has 2 aromatic rings. The molecule has 28 heavy (non-hydrogen) atoms. The molecule has 1 aromatic carbocycles. The maximum atomic E-state index is 12.4. The maximum absolute atomic E-state index is 12.4. The van der Waals surface area contributed by atoms with Crippen molar-refractivity contribution < 1.29 is 17.9 Å². The minimum absolute atomic E-state index is 0.0349. The van der Waals surface area contributed by atoms with Gasteiger partial charge in [0, 0.05) is 32.4 Å². The van der Waals surface area contributed by atoms with E-state index in [1.807, 2.05) is 6.07 Å². The molecule has 2 aliphatic rings. The number of rotatable bonds is 3. The fraction of sp³-hybridized carbons (Fsp3) is 0.389. The van der Waals surface area contributed by atoms with Crippen molar-refractivity contribution >= 4 is 43.9 Å². The third-order valence-corrected chi connectivity index (χ3v) is 7.32. The van der Waals surface area contributed by atoms with E-state index >= 15 is 0 Å². The Morgan fingerprint density at radius 3 is 2.82 bits per heavy atom. The first-order valence-corrected chi connectivity index (χ1v) is 11.1. The van der Waals surface area contributed by atoms with Crippen LogP contribution in [0, 0.1) is 5.92 Å². The molecule has 0 saturated carbocycles. The Kier molecular flexibility index (Phi) is 4.94. The number of anilines is 2. The van der Waals surface area contributed by atoms with Crippen molar-refractivity contribution in [1.29, 1.82) is 0 Å². The fourth-order valence-corrected chi connectivity index (χ4v) is 5.33. The second-order valence-electron chi connectivity index (χ2n) is 6.76. The number of sulfonamides is 1. The van der Waals surface area contributed by atoms with Crippen molar-refractivity contribution in [3.05, 3.63) is 24.4 Å². The van der Waals surface area contributed by atoms with Gasteiger partial charge in [-0.1, -0.05) is 17.4 Å². The number of amidine groups is 1. The minimum atomic E-state index is -3.68. The van der Waals surface area contributed by atoms with Gasteiger partial charge in [0.2, 0.25) is 5.91 Å². The summed E-state index contributed by atoms with van der Waals surface area (Å²) in [6, 6.07) is 5.10. The predicted molar refractivity (Wildman–Crippen MR) is 108 cm³/mol. The van der Waals surface area contributed by atoms with E-state index in [0.717, 1.165) is 23.3 Å². The largest absolute Gasteiger partial charge is 0.381 e. The lowest BCUT2D eigenvalue weighted by Crippen LogP contribution is -2.29. The van der Waals surface area contributed by atoms with Crippen LogP contribution in [0.2, 0.25) is 0 Å². The first kappa shape index (κ1) is 19.0. The zero-order valence-corrected chi connectivity index (χ0v) is 17.1. The lowest BCUT2D eigenvalue weighted by Gasteiger charge is -2.25. The molecule has 0 radical (unpaired) electrons. The number of nitrogens with zero attached hydrogens (tertiary/aromatic N) is 3. The molecule has 0 atom stereocenters. The minimum Gasteiger partial charge on any atom is -0.381 e. The molecule has 10 heteroatoms. The standard InChI is InChI=1S/C18H20N4O4S2/c1-11-21-28(24,25)16-4-3-13(9-14(16)22(11)2)15-10-19-18(27-15)20-17(23)12-5-7-26-8-6-12/h3-4,9-10,12H,5-8H2,1-2H3,(H,19,20,23). The average molecular weight is 421 g/mol. The SMILES string of the molecule is CC1=NS(=O)(=O)c2ccc(-c3cnc(NC(=O)C4CCOCC4)s3)cc2N1C. The van der Waals surface area contributed by atoms with E-state index in [4.69, 9.17) is 4.74 Å². The van der Waals surface area contributed by atoms with Gasteiger partial charge in [-0.25, -0.2) is 4.98 Å². The van der Waals surface area contributed by atoms with Crippen molar-refractivity contribution in [1.82, 2.24) is 4.98 Å². The number of amides is 1. The molecule has 0 bridgehead atoms. The third-order valence-electron chi connectivity index (χ3n) is 4.95. The van der Waals surface area contributed by atoms with Gasteiger partial charge in [-0.3, -0.25) is 4.79 Å². The van der Waals surface area contributed by atoms with Crippen molar-refractivity contribution in [3.63, 3.8) is 0 Å². The molecule has 0 unspecified atom stereocenters. The molecule has 0 aliphatic carbocycles. The normalized spacial score (nSPS) is 19.1.